The average molecular weight is 502 g/mol. The van der Waals surface area contributed by atoms with Crippen molar-refractivity contribution in [1.82, 2.24) is 10.2 Å². The molecule has 2 aromatic carbocycles. The van der Waals surface area contributed by atoms with Crippen molar-refractivity contribution >= 4 is 27.5 Å². The Kier molecular flexibility index (Phi) is 7.32. The van der Waals surface area contributed by atoms with Gasteiger partial charge in [-0.1, -0.05) is 18.2 Å². The Balaban J connectivity index is 1.54. The Morgan fingerprint density at radius 1 is 1.17 bits per heavy atom. The molecule has 4 rings (SSSR count). The Morgan fingerprint density at radius 3 is 2.69 bits per heavy atom. The maximum absolute atomic E-state index is 13.4. The number of carbonyl (C=O) groups excluding carboxylic acids is 2. The van der Waals surface area contributed by atoms with Crippen LogP contribution in [0.4, 0.5) is 5.69 Å². The molecule has 2 heterocycles. The van der Waals surface area contributed by atoms with Crippen molar-refractivity contribution < 1.29 is 27.5 Å². The van der Waals surface area contributed by atoms with E-state index in [1.165, 1.54) is 12.1 Å². The van der Waals surface area contributed by atoms with E-state index in [2.05, 4.69) is 10.0 Å². The third kappa shape index (κ3) is 5.43. The predicted octanol–water partition coefficient (Wildman–Crippen LogP) is 2.70. The highest BCUT2D eigenvalue weighted by molar-refractivity contribution is 7.92. The zero-order valence-electron chi connectivity index (χ0n) is 20.1. The van der Waals surface area contributed by atoms with Crippen molar-refractivity contribution in [1.29, 1.82) is 0 Å². The summed E-state index contributed by atoms with van der Waals surface area (Å²) in [5.41, 5.74) is 1.18. The van der Waals surface area contributed by atoms with Gasteiger partial charge in [0.25, 0.3) is 15.9 Å². The lowest BCUT2D eigenvalue weighted by molar-refractivity contribution is -0.133. The Hall–Kier alpha value is -3.11. The SMILES string of the molecule is CCNC(=O)C[C@H]1CC[C@H]2[C@@H](COc3ccc(NS(=O)(=O)c4ccccc4C)cc3C(=O)N2C)O1. The van der Waals surface area contributed by atoms with E-state index in [1.807, 2.05) is 6.92 Å². The summed E-state index contributed by atoms with van der Waals surface area (Å²) in [5.74, 6) is 0.0178. The highest BCUT2D eigenvalue weighted by Gasteiger charge is 2.39. The van der Waals surface area contributed by atoms with Crippen molar-refractivity contribution in [2.45, 2.75) is 56.3 Å². The first kappa shape index (κ1) is 25.0. The van der Waals surface area contributed by atoms with Crippen LogP contribution in [0.25, 0.3) is 0 Å². The lowest BCUT2D eigenvalue weighted by Crippen LogP contribution is -2.54. The van der Waals surface area contributed by atoms with Gasteiger partial charge in [0.2, 0.25) is 5.91 Å². The van der Waals surface area contributed by atoms with Gasteiger partial charge in [-0.2, -0.15) is 0 Å². The van der Waals surface area contributed by atoms with Crippen LogP contribution >= 0.6 is 0 Å². The topological polar surface area (TPSA) is 114 Å². The molecular weight excluding hydrogens is 470 g/mol. The van der Waals surface area contributed by atoms with Crippen LogP contribution in [0.3, 0.4) is 0 Å². The number of rotatable bonds is 6. The zero-order valence-corrected chi connectivity index (χ0v) is 20.9. The van der Waals surface area contributed by atoms with E-state index >= 15 is 0 Å². The van der Waals surface area contributed by atoms with Gasteiger partial charge in [-0.25, -0.2) is 8.42 Å². The van der Waals surface area contributed by atoms with Gasteiger partial charge < -0.3 is 19.7 Å². The molecule has 188 valence electrons. The van der Waals surface area contributed by atoms with Gasteiger partial charge in [-0.05, 0) is 56.5 Å². The molecule has 3 atom stereocenters. The highest BCUT2D eigenvalue weighted by atomic mass is 32.2. The summed E-state index contributed by atoms with van der Waals surface area (Å²) < 4.78 is 40.5. The van der Waals surface area contributed by atoms with Crippen molar-refractivity contribution in [2.75, 3.05) is 24.9 Å². The number of ether oxygens (including phenoxy) is 2. The minimum Gasteiger partial charge on any atom is -0.490 e. The van der Waals surface area contributed by atoms with Crippen LogP contribution in [0.1, 0.15) is 42.1 Å². The zero-order chi connectivity index (χ0) is 25.2. The van der Waals surface area contributed by atoms with E-state index in [0.717, 1.165) is 0 Å². The Bertz CT molecular complexity index is 1220. The molecule has 9 nitrogen and oxygen atoms in total. The quantitative estimate of drug-likeness (QED) is 0.629. The van der Waals surface area contributed by atoms with E-state index < -0.39 is 10.0 Å². The number of carbonyl (C=O) groups is 2. The summed E-state index contributed by atoms with van der Waals surface area (Å²) in [6.45, 7) is 4.38. The summed E-state index contributed by atoms with van der Waals surface area (Å²) in [4.78, 5) is 27.2. The first-order valence-electron chi connectivity index (χ1n) is 11.7. The number of hydrogen-bond donors (Lipinski definition) is 2. The molecule has 2 aromatic rings. The number of benzene rings is 2. The Labute approximate surface area is 205 Å². The lowest BCUT2D eigenvalue weighted by atomic mass is 9.94. The fourth-order valence-corrected chi connectivity index (χ4v) is 5.93. The molecule has 2 aliphatic rings. The fourth-order valence-electron chi connectivity index (χ4n) is 4.64. The molecular formula is C25H31N3O6S. The van der Waals surface area contributed by atoms with Gasteiger partial charge in [0.05, 0.1) is 29.0 Å². The van der Waals surface area contributed by atoms with Crippen molar-refractivity contribution in [2.24, 2.45) is 0 Å². The molecule has 35 heavy (non-hydrogen) atoms. The minimum absolute atomic E-state index is 0.0573. The summed E-state index contributed by atoms with van der Waals surface area (Å²) in [7, 11) is -2.11. The van der Waals surface area contributed by atoms with Gasteiger partial charge in [-0.15, -0.1) is 0 Å². The highest BCUT2D eigenvalue weighted by Crippen LogP contribution is 2.33. The van der Waals surface area contributed by atoms with Gasteiger partial charge >= 0.3 is 0 Å². The molecule has 0 bridgehead atoms. The second-order valence-electron chi connectivity index (χ2n) is 8.91. The molecule has 2 amide bonds. The van der Waals surface area contributed by atoms with Gasteiger partial charge in [0.15, 0.2) is 0 Å². The van der Waals surface area contributed by atoms with E-state index in [4.69, 9.17) is 9.47 Å². The molecule has 0 spiro atoms. The predicted molar refractivity (Wildman–Crippen MR) is 131 cm³/mol. The molecule has 1 fully saturated rings. The van der Waals surface area contributed by atoms with Gasteiger partial charge in [0, 0.05) is 19.3 Å². The average Bonchev–Trinajstić information content (AvgIpc) is 2.82. The maximum Gasteiger partial charge on any atom is 0.262 e. The number of hydrogen-bond acceptors (Lipinski definition) is 6. The van der Waals surface area contributed by atoms with E-state index in [-0.39, 0.29) is 59.2 Å². The van der Waals surface area contributed by atoms with Crippen LogP contribution in [0.5, 0.6) is 5.75 Å². The smallest absolute Gasteiger partial charge is 0.262 e. The van der Waals surface area contributed by atoms with Crippen molar-refractivity contribution in [3.05, 3.63) is 53.6 Å². The molecule has 0 aliphatic carbocycles. The van der Waals surface area contributed by atoms with Crippen LogP contribution in [0, 0.1) is 6.92 Å². The lowest BCUT2D eigenvalue weighted by Gasteiger charge is -2.42. The van der Waals surface area contributed by atoms with E-state index in [0.29, 0.717) is 30.7 Å². The summed E-state index contributed by atoms with van der Waals surface area (Å²) in [5, 5.41) is 2.79. The molecule has 2 aliphatic heterocycles. The molecule has 0 radical (unpaired) electrons. The van der Waals surface area contributed by atoms with E-state index in [1.54, 1.807) is 49.2 Å². The monoisotopic (exact) mass is 501 g/mol. The molecule has 0 aromatic heterocycles. The van der Waals surface area contributed by atoms with Gasteiger partial charge in [-0.3, -0.25) is 14.3 Å². The molecule has 2 N–H and O–H groups in total. The first-order chi connectivity index (χ1) is 16.7. The summed E-state index contributed by atoms with van der Waals surface area (Å²) in [6, 6.07) is 11.2. The number of aryl methyl sites for hydroxylation is 1. The normalized spacial score (nSPS) is 22.2. The summed E-state index contributed by atoms with van der Waals surface area (Å²) in [6.07, 6.45) is 1.00. The minimum atomic E-state index is -3.83. The van der Waals surface area contributed by atoms with Crippen molar-refractivity contribution in [3.8, 4) is 5.75 Å². The standard InChI is InChI=1S/C25H31N3O6S/c1-4-26-24(29)14-18-10-11-20-22(34-18)15-33-21-12-9-17(13-19(21)25(30)28(20)3)27-35(31,32)23-8-6-5-7-16(23)2/h5-9,12-13,18,20,22,27H,4,10-11,14-15H2,1-3H3,(H,26,29)/t18-,20+,22-/m1/s1. The van der Waals surface area contributed by atoms with Crippen LogP contribution in [-0.2, 0) is 19.6 Å². The number of fused-ring (bicyclic) bond motifs is 2. The summed E-state index contributed by atoms with van der Waals surface area (Å²) >= 11 is 0. The number of likely N-dealkylation sites (N-methyl/N-ethyl adjacent to an activating group) is 1. The molecule has 10 heteroatoms. The first-order valence-corrected chi connectivity index (χ1v) is 13.2. The number of nitrogens with one attached hydrogen (secondary N) is 2. The number of sulfonamides is 1. The maximum atomic E-state index is 13.4. The van der Waals surface area contributed by atoms with Crippen LogP contribution in [0.2, 0.25) is 0 Å². The van der Waals surface area contributed by atoms with Crippen molar-refractivity contribution in [3.63, 3.8) is 0 Å². The number of nitrogens with zero attached hydrogens (tertiary/aromatic N) is 1. The fraction of sp³-hybridized carbons (Fsp3) is 0.440. The Morgan fingerprint density at radius 2 is 1.94 bits per heavy atom. The van der Waals surface area contributed by atoms with E-state index in [9.17, 15) is 18.0 Å². The third-order valence-electron chi connectivity index (χ3n) is 6.43. The van der Waals surface area contributed by atoms with Crippen LogP contribution in [0.15, 0.2) is 47.4 Å². The second-order valence-corrected chi connectivity index (χ2v) is 10.6. The number of amides is 2. The van der Waals surface area contributed by atoms with Crippen LogP contribution < -0.4 is 14.8 Å². The number of anilines is 1. The molecule has 0 saturated carbocycles. The molecule has 0 unspecified atom stereocenters. The van der Waals surface area contributed by atoms with Crippen LogP contribution in [-0.4, -0.2) is 63.6 Å². The van der Waals surface area contributed by atoms with Gasteiger partial charge in [0.1, 0.15) is 18.5 Å². The second kappa shape index (κ2) is 10.2. The third-order valence-corrected chi connectivity index (χ3v) is 7.98. The largest absolute Gasteiger partial charge is 0.490 e. The molecule has 1 saturated heterocycles.